The van der Waals surface area contributed by atoms with Gasteiger partial charge in [0.25, 0.3) is 0 Å². The molecule has 1 heteroatoms. The van der Waals surface area contributed by atoms with Crippen LogP contribution in [0.1, 0.15) is 78.1 Å². The van der Waals surface area contributed by atoms with Gasteiger partial charge in [0, 0.05) is 6.42 Å². The van der Waals surface area contributed by atoms with Crippen LogP contribution < -0.4 is 0 Å². The van der Waals surface area contributed by atoms with Gasteiger partial charge in [0.2, 0.25) is 0 Å². The summed E-state index contributed by atoms with van der Waals surface area (Å²) in [6.07, 6.45) is 13.9. The molecule has 0 aliphatic heterocycles. The average molecular weight is 236 g/mol. The van der Waals surface area contributed by atoms with E-state index in [9.17, 15) is 4.79 Å². The van der Waals surface area contributed by atoms with E-state index in [1.165, 1.54) is 44.1 Å². The van der Waals surface area contributed by atoms with E-state index in [-0.39, 0.29) is 0 Å². The van der Waals surface area contributed by atoms with Crippen LogP contribution >= 0.6 is 0 Å². The molecule has 0 aromatic heterocycles. The highest BCUT2D eigenvalue weighted by Gasteiger charge is 2.12. The highest BCUT2D eigenvalue weighted by Crippen LogP contribution is 2.24. The molecule has 17 heavy (non-hydrogen) atoms. The maximum atomic E-state index is 12.0. The Kier molecular flexibility index (Phi) is 7.23. The molecular formula is C16H28O. The number of hydrogen-bond donors (Lipinski definition) is 0. The molecule has 1 fully saturated rings. The van der Waals surface area contributed by atoms with Crippen LogP contribution in [0.15, 0.2) is 11.6 Å². The predicted molar refractivity (Wildman–Crippen MR) is 74.1 cm³/mol. The smallest absolute Gasteiger partial charge is 0.155 e. The number of carbonyl (C=O) groups excluding carboxylic acids is 1. The summed E-state index contributed by atoms with van der Waals surface area (Å²) in [5, 5.41) is 0. The highest BCUT2D eigenvalue weighted by atomic mass is 16.1. The molecule has 1 atom stereocenters. The summed E-state index contributed by atoms with van der Waals surface area (Å²) in [6, 6.07) is 0. The lowest BCUT2D eigenvalue weighted by Gasteiger charge is -2.15. The quantitative estimate of drug-likeness (QED) is 0.565. The number of hydrogen-bond acceptors (Lipinski definition) is 1. The Labute approximate surface area is 107 Å². The van der Waals surface area contributed by atoms with Gasteiger partial charge in [-0.2, -0.15) is 0 Å². The molecule has 0 saturated heterocycles. The van der Waals surface area contributed by atoms with Crippen molar-refractivity contribution in [2.45, 2.75) is 78.1 Å². The number of rotatable bonds is 7. The molecule has 0 aromatic carbocycles. The molecule has 0 N–H and O–H groups in total. The summed E-state index contributed by atoms with van der Waals surface area (Å²) in [6.45, 7) is 4.43. The highest BCUT2D eigenvalue weighted by molar-refractivity contribution is 5.90. The lowest BCUT2D eigenvalue weighted by atomic mass is 9.90. The molecule has 1 unspecified atom stereocenters. The van der Waals surface area contributed by atoms with Gasteiger partial charge in [0.15, 0.2) is 5.78 Å². The molecule has 0 radical (unpaired) electrons. The lowest BCUT2D eigenvalue weighted by molar-refractivity contribution is -0.115. The summed E-state index contributed by atoms with van der Waals surface area (Å²) in [4.78, 5) is 12.0. The second-order valence-electron chi connectivity index (χ2n) is 5.45. The third kappa shape index (κ3) is 6.05. The topological polar surface area (TPSA) is 17.1 Å². The zero-order valence-corrected chi connectivity index (χ0v) is 11.6. The fourth-order valence-corrected chi connectivity index (χ4v) is 2.66. The first-order valence-corrected chi connectivity index (χ1v) is 7.48. The van der Waals surface area contributed by atoms with E-state index in [1.54, 1.807) is 0 Å². The Hall–Kier alpha value is -0.590. The van der Waals surface area contributed by atoms with Gasteiger partial charge in [-0.25, -0.2) is 0 Å². The minimum Gasteiger partial charge on any atom is -0.295 e. The van der Waals surface area contributed by atoms with Crippen molar-refractivity contribution in [2.24, 2.45) is 5.92 Å². The van der Waals surface area contributed by atoms with Crippen LogP contribution in [0.3, 0.4) is 0 Å². The molecule has 0 aromatic rings. The van der Waals surface area contributed by atoms with E-state index in [0.29, 0.717) is 11.7 Å². The summed E-state index contributed by atoms with van der Waals surface area (Å²) in [7, 11) is 0. The second-order valence-corrected chi connectivity index (χ2v) is 5.45. The van der Waals surface area contributed by atoms with Gasteiger partial charge < -0.3 is 0 Å². The largest absolute Gasteiger partial charge is 0.295 e. The zero-order chi connectivity index (χ0) is 12.5. The van der Waals surface area contributed by atoms with Crippen molar-refractivity contribution in [3.8, 4) is 0 Å². The molecule has 0 spiro atoms. The standard InChI is InChI=1S/C16H28O/c1-3-5-9-14(4-2)12-16(17)13-15-10-7-6-8-11-15/h13-14H,3-12H2,1-2H3. The zero-order valence-electron chi connectivity index (χ0n) is 11.6. The van der Waals surface area contributed by atoms with Gasteiger partial charge in [-0.05, 0) is 37.7 Å². The van der Waals surface area contributed by atoms with Crippen molar-refractivity contribution in [3.63, 3.8) is 0 Å². The minimum absolute atomic E-state index is 0.379. The van der Waals surface area contributed by atoms with Crippen molar-refractivity contribution in [1.82, 2.24) is 0 Å². The van der Waals surface area contributed by atoms with Crippen molar-refractivity contribution >= 4 is 5.78 Å². The van der Waals surface area contributed by atoms with Crippen molar-refractivity contribution < 1.29 is 4.79 Å². The van der Waals surface area contributed by atoms with Crippen LogP contribution in [0.2, 0.25) is 0 Å². The molecule has 1 rings (SSSR count). The number of allylic oxidation sites excluding steroid dienone is 2. The van der Waals surface area contributed by atoms with E-state index in [2.05, 4.69) is 13.8 Å². The van der Waals surface area contributed by atoms with Gasteiger partial charge in [-0.3, -0.25) is 4.79 Å². The fraction of sp³-hybridized carbons (Fsp3) is 0.812. The molecule has 98 valence electrons. The summed E-state index contributed by atoms with van der Waals surface area (Å²) in [5.41, 5.74) is 1.41. The van der Waals surface area contributed by atoms with E-state index >= 15 is 0 Å². The van der Waals surface area contributed by atoms with Gasteiger partial charge >= 0.3 is 0 Å². The van der Waals surface area contributed by atoms with E-state index in [4.69, 9.17) is 0 Å². The Bertz CT molecular complexity index is 244. The fourth-order valence-electron chi connectivity index (χ4n) is 2.66. The molecule has 1 aliphatic rings. The molecule has 0 amide bonds. The first-order chi connectivity index (χ1) is 8.26. The maximum absolute atomic E-state index is 12.0. The van der Waals surface area contributed by atoms with Gasteiger partial charge in [-0.15, -0.1) is 0 Å². The normalized spacial score (nSPS) is 17.9. The molecule has 1 nitrogen and oxygen atoms in total. The van der Waals surface area contributed by atoms with Crippen LogP contribution in [0.5, 0.6) is 0 Å². The lowest BCUT2D eigenvalue weighted by Crippen LogP contribution is -2.07. The first-order valence-electron chi connectivity index (χ1n) is 7.48. The van der Waals surface area contributed by atoms with Gasteiger partial charge in [0.05, 0.1) is 0 Å². The Balaban J connectivity index is 2.35. The van der Waals surface area contributed by atoms with Crippen LogP contribution in [-0.2, 0) is 4.79 Å². The van der Waals surface area contributed by atoms with Crippen LogP contribution in [0, 0.1) is 5.92 Å². The van der Waals surface area contributed by atoms with Crippen LogP contribution in [0.25, 0.3) is 0 Å². The average Bonchev–Trinajstić information content (AvgIpc) is 2.35. The van der Waals surface area contributed by atoms with Gasteiger partial charge in [0.1, 0.15) is 0 Å². The molecule has 0 bridgehead atoms. The maximum Gasteiger partial charge on any atom is 0.155 e. The number of carbonyl (C=O) groups is 1. The summed E-state index contributed by atoms with van der Waals surface area (Å²) in [5.74, 6) is 0.993. The SMILES string of the molecule is CCCCC(CC)CC(=O)C=C1CCCCC1. The monoisotopic (exact) mass is 236 g/mol. The Morgan fingerprint density at radius 2 is 1.94 bits per heavy atom. The molecular weight excluding hydrogens is 208 g/mol. The van der Waals surface area contributed by atoms with Gasteiger partial charge in [-0.1, -0.05) is 51.5 Å². The molecule has 0 heterocycles. The second kappa shape index (κ2) is 8.49. The Morgan fingerprint density at radius 3 is 2.53 bits per heavy atom. The van der Waals surface area contributed by atoms with Crippen LogP contribution in [0.4, 0.5) is 0 Å². The summed E-state index contributed by atoms with van der Waals surface area (Å²) < 4.78 is 0. The predicted octanol–water partition coefficient (Wildman–Crippen LogP) is 5.05. The third-order valence-corrected chi connectivity index (χ3v) is 3.89. The van der Waals surface area contributed by atoms with Crippen LogP contribution in [-0.4, -0.2) is 5.78 Å². The summed E-state index contributed by atoms with van der Waals surface area (Å²) >= 11 is 0. The van der Waals surface area contributed by atoms with E-state index < -0.39 is 0 Å². The molecule has 1 aliphatic carbocycles. The minimum atomic E-state index is 0.379. The van der Waals surface area contributed by atoms with Crippen molar-refractivity contribution in [3.05, 3.63) is 11.6 Å². The molecule has 1 saturated carbocycles. The van der Waals surface area contributed by atoms with Crippen molar-refractivity contribution in [1.29, 1.82) is 0 Å². The van der Waals surface area contributed by atoms with E-state index in [1.807, 2.05) is 6.08 Å². The van der Waals surface area contributed by atoms with Crippen molar-refractivity contribution in [2.75, 3.05) is 0 Å². The Morgan fingerprint density at radius 1 is 1.24 bits per heavy atom. The van der Waals surface area contributed by atoms with E-state index in [0.717, 1.165) is 25.7 Å². The number of unbranched alkanes of at least 4 members (excludes halogenated alkanes) is 1. The number of ketones is 1. The first kappa shape index (κ1) is 14.5. The third-order valence-electron chi connectivity index (χ3n) is 3.89.